The quantitative estimate of drug-likeness (QED) is 0.168. The lowest BCUT2D eigenvalue weighted by molar-refractivity contribution is 0.180. The lowest BCUT2D eigenvalue weighted by atomic mass is 10.4. The van der Waals surface area contributed by atoms with Crippen LogP contribution in [0.4, 0.5) is 0 Å². The molecule has 4 rings (SSSR count). The highest BCUT2D eigenvalue weighted by atomic mass is 28.5. The fourth-order valence-corrected chi connectivity index (χ4v) is 22.2. The van der Waals surface area contributed by atoms with E-state index in [1.807, 2.05) is 128 Å². The van der Waals surface area contributed by atoms with Crippen molar-refractivity contribution < 1.29 is 34.2 Å². The fraction of sp³-hybridized carbons (Fsp3) is 0.172. The van der Waals surface area contributed by atoms with Crippen molar-refractivity contribution in [2.24, 2.45) is 0 Å². The van der Waals surface area contributed by atoms with E-state index in [2.05, 4.69) is 0 Å². The molecule has 42 heavy (non-hydrogen) atoms. The molecule has 0 heterocycles. The minimum absolute atomic E-state index is 0.930. The van der Waals surface area contributed by atoms with E-state index >= 15 is 0 Å². The highest BCUT2D eigenvalue weighted by Gasteiger charge is 2.51. The molecule has 0 spiro atoms. The zero-order chi connectivity index (χ0) is 29.8. The first-order valence-corrected chi connectivity index (χ1v) is 22.1. The van der Waals surface area contributed by atoms with Gasteiger partial charge in [-0.15, -0.1) is 0 Å². The second kappa shape index (κ2) is 15.9. The van der Waals surface area contributed by atoms with Crippen LogP contribution in [0, 0.1) is 0 Å². The van der Waals surface area contributed by atoms with Gasteiger partial charge in [-0.2, -0.15) is 0 Å². The molecule has 4 aromatic rings. The van der Waals surface area contributed by atoms with Crippen molar-refractivity contribution in [1.29, 1.82) is 0 Å². The van der Waals surface area contributed by atoms with Gasteiger partial charge in [-0.25, -0.2) is 0 Å². The summed E-state index contributed by atoms with van der Waals surface area (Å²) in [6.45, 7) is 2.01. The lowest BCUT2D eigenvalue weighted by Gasteiger charge is -2.40. The van der Waals surface area contributed by atoms with Gasteiger partial charge < -0.3 is 34.2 Å². The van der Waals surface area contributed by atoms with Crippen LogP contribution < -0.4 is 20.7 Å². The van der Waals surface area contributed by atoms with E-state index in [0.29, 0.717) is 0 Å². The molecule has 0 saturated heterocycles. The molecule has 0 aromatic heterocycles. The third kappa shape index (κ3) is 7.58. The number of hydrogen-bond donors (Lipinski definition) is 0. The summed E-state index contributed by atoms with van der Waals surface area (Å²) in [6, 6.07) is 40.1. The Morgan fingerprint density at radius 2 is 0.619 bits per heavy atom. The summed E-state index contributed by atoms with van der Waals surface area (Å²) in [4.78, 5) is 0. The van der Waals surface area contributed by atoms with Crippen LogP contribution in [0.1, 0.15) is 0 Å². The predicted octanol–water partition coefficient (Wildman–Crippen LogP) is 1.44. The third-order valence-electron chi connectivity index (χ3n) is 6.57. The lowest BCUT2D eigenvalue weighted by Crippen LogP contribution is -2.71. The van der Waals surface area contributed by atoms with Gasteiger partial charge >= 0.3 is 45.5 Å². The molecule has 0 aliphatic carbocycles. The molecule has 0 unspecified atom stereocenters. The zero-order valence-corrected chi connectivity index (χ0v) is 30.0. The monoisotopic (exact) mass is 654 g/mol. The van der Waals surface area contributed by atoms with Gasteiger partial charge in [0.05, 0.1) is 0 Å². The van der Waals surface area contributed by atoms with Crippen molar-refractivity contribution in [3.63, 3.8) is 0 Å². The van der Waals surface area contributed by atoms with E-state index in [0.717, 1.165) is 20.7 Å². The van der Waals surface area contributed by atoms with E-state index in [1.54, 1.807) is 28.4 Å². The van der Waals surface area contributed by atoms with Crippen molar-refractivity contribution in [3.05, 3.63) is 121 Å². The molecule has 0 saturated carbocycles. The summed E-state index contributed by atoms with van der Waals surface area (Å²) < 4.78 is 50.8. The van der Waals surface area contributed by atoms with Gasteiger partial charge in [-0.05, 0) is 27.3 Å². The predicted molar refractivity (Wildman–Crippen MR) is 175 cm³/mol. The van der Waals surface area contributed by atoms with Gasteiger partial charge in [0.15, 0.2) is 0 Å². The Bertz CT molecular complexity index is 1140. The molecule has 8 nitrogen and oxygen atoms in total. The van der Waals surface area contributed by atoms with Gasteiger partial charge in [-0.3, -0.25) is 0 Å². The molecule has 13 heteroatoms. The maximum atomic E-state index is 7.19. The molecule has 0 N–H and O–H groups in total. The van der Waals surface area contributed by atoms with Crippen LogP contribution in [-0.4, -0.2) is 73.9 Å². The fourth-order valence-electron chi connectivity index (χ4n) is 4.71. The van der Waals surface area contributed by atoms with Crippen LogP contribution >= 0.6 is 0 Å². The number of rotatable bonds is 16. The Hall–Kier alpha value is -2.36. The van der Waals surface area contributed by atoms with Gasteiger partial charge in [0.25, 0.3) is 0 Å². The third-order valence-corrected chi connectivity index (χ3v) is 22.0. The van der Waals surface area contributed by atoms with Crippen LogP contribution in [0.3, 0.4) is 0 Å². The molecule has 222 valence electrons. The van der Waals surface area contributed by atoms with Gasteiger partial charge in [-0.1, -0.05) is 121 Å². The second-order valence-electron chi connectivity index (χ2n) is 9.26. The first kappa shape index (κ1) is 32.6. The first-order chi connectivity index (χ1) is 20.5. The highest BCUT2D eigenvalue weighted by molar-refractivity contribution is 7.01. The molecule has 0 aliphatic heterocycles. The molecule has 0 fully saturated rings. The zero-order valence-electron chi connectivity index (χ0n) is 24.5. The highest BCUT2D eigenvalue weighted by Crippen LogP contribution is 2.19. The maximum Gasteiger partial charge on any atom is 0.475 e. The van der Waals surface area contributed by atoms with E-state index in [1.165, 1.54) is 0 Å². The Kier molecular flexibility index (Phi) is 12.3. The summed E-state index contributed by atoms with van der Waals surface area (Å²) in [5, 5.41) is 3.72. The summed E-state index contributed by atoms with van der Waals surface area (Å²) in [7, 11) is -8.16. The maximum absolute atomic E-state index is 7.19. The van der Waals surface area contributed by atoms with Crippen molar-refractivity contribution in [2.45, 2.75) is 6.55 Å². The molecule has 0 radical (unpaired) electrons. The Balaban J connectivity index is 1.86. The topological polar surface area (TPSA) is 73.8 Å². The van der Waals surface area contributed by atoms with E-state index in [4.69, 9.17) is 34.2 Å². The SMILES string of the molecule is CO[SiH](OC)O[Si](O[SiH](C)O[Si](O[SiH](OC)OC)(c1ccccc1)c1ccccc1)(c1ccccc1)c1ccccc1. The van der Waals surface area contributed by atoms with Crippen LogP contribution in [0.5, 0.6) is 0 Å². The van der Waals surface area contributed by atoms with Crippen molar-refractivity contribution >= 4 is 66.2 Å². The van der Waals surface area contributed by atoms with Crippen LogP contribution in [0.2, 0.25) is 6.55 Å². The standard InChI is InChI=1S/C29H38O8Si5/c1-30-39(31-2)36-41(26-18-10-6-11-19-26,27-20-12-7-13-21-27)34-38(5)35-42(37-40(32-3)33-4,28-22-14-8-15-23-28)29-24-16-9-17-25-29/h6-25,38-40H,1-5H3. The molecule has 0 bridgehead atoms. The van der Waals surface area contributed by atoms with Crippen molar-refractivity contribution in [1.82, 2.24) is 0 Å². The number of benzene rings is 4. The molecule has 0 amide bonds. The molecular formula is C29H38O8Si5. The smallest absolute Gasteiger partial charge is 0.411 e. The molecular weight excluding hydrogens is 617 g/mol. The van der Waals surface area contributed by atoms with E-state index < -0.39 is 45.5 Å². The van der Waals surface area contributed by atoms with Crippen LogP contribution in [0.25, 0.3) is 0 Å². The van der Waals surface area contributed by atoms with Crippen molar-refractivity contribution in [3.8, 4) is 0 Å². The average molecular weight is 655 g/mol. The minimum Gasteiger partial charge on any atom is -0.411 e. The van der Waals surface area contributed by atoms with Crippen LogP contribution in [-0.2, 0) is 34.2 Å². The normalized spacial score (nSPS) is 12.4. The van der Waals surface area contributed by atoms with Gasteiger partial charge in [0, 0.05) is 28.4 Å². The summed E-state index contributed by atoms with van der Waals surface area (Å²) in [5.41, 5.74) is 0. The molecule has 0 atom stereocenters. The summed E-state index contributed by atoms with van der Waals surface area (Å²) >= 11 is 0. The number of hydrogen-bond acceptors (Lipinski definition) is 8. The Morgan fingerprint density at radius 1 is 0.381 bits per heavy atom. The molecule has 4 aromatic carbocycles. The van der Waals surface area contributed by atoms with E-state index in [-0.39, 0.29) is 0 Å². The Morgan fingerprint density at radius 3 is 0.833 bits per heavy atom. The second-order valence-corrected chi connectivity index (χ2v) is 22.0. The molecule has 0 aliphatic rings. The Labute approximate surface area is 256 Å². The van der Waals surface area contributed by atoms with Gasteiger partial charge in [0.2, 0.25) is 0 Å². The first-order valence-electron chi connectivity index (χ1n) is 13.6. The minimum atomic E-state index is -3.41. The van der Waals surface area contributed by atoms with E-state index in [9.17, 15) is 0 Å². The van der Waals surface area contributed by atoms with Gasteiger partial charge in [0.1, 0.15) is 0 Å². The van der Waals surface area contributed by atoms with Crippen LogP contribution in [0.15, 0.2) is 121 Å². The average Bonchev–Trinajstić information content (AvgIpc) is 3.06. The summed E-state index contributed by atoms with van der Waals surface area (Å²) in [6.07, 6.45) is 0. The largest absolute Gasteiger partial charge is 0.475 e. The van der Waals surface area contributed by atoms with Crippen molar-refractivity contribution in [2.75, 3.05) is 28.4 Å². The summed E-state index contributed by atoms with van der Waals surface area (Å²) in [5.74, 6) is 0.